The maximum atomic E-state index is 13.9. The molecule has 0 atom stereocenters. The smallest absolute Gasteiger partial charge is 0.347 e. The first-order valence-corrected chi connectivity index (χ1v) is 10.1. The molecule has 8 nitrogen and oxygen atoms in total. The number of hydrazine groups is 1. The molecule has 2 aliphatic rings. The van der Waals surface area contributed by atoms with Crippen LogP contribution in [0.1, 0.15) is 12.0 Å². The lowest BCUT2D eigenvalue weighted by Gasteiger charge is -2.27. The number of aromatic amines is 1. The normalized spacial score (nSPS) is 18.3. The van der Waals surface area contributed by atoms with Crippen LogP contribution in [-0.4, -0.2) is 50.3 Å². The van der Waals surface area contributed by atoms with E-state index >= 15 is 0 Å². The van der Waals surface area contributed by atoms with Crippen LogP contribution in [0.25, 0.3) is 0 Å². The van der Waals surface area contributed by atoms with Crippen LogP contribution in [0.15, 0.2) is 24.3 Å². The summed E-state index contributed by atoms with van der Waals surface area (Å²) in [5, 5.41) is 5.60. The molecule has 0 saturated carbocycles. The van der Waals surface area contributed by atoms with E-state index in [4.69, 9.17) is 22.1 Å². The van der Waals surface area contributed by atoms with Crippen molar-refractivity contribution in [3.63, 3.8) is 0 Å². The van der Waals surface area contributed by atoms with E-state index in [-0.39, 0.29) is 24.7 Å². The number of benzene rings is 1. The number of halogens is 3. The lowest BCUT2D eigenvalue weighted by atomic mass is 10.2. The van der Waals surface area contributed by atoms with Gasteiger partial charge in [0, 0.05) is 18.5 Å². The van der Waals surface area contributed by atoms with Crippen LogP contribution in [0.2, 0.25) is 5.02 Å². The number of ether oxygens (including phenoxy) is 1. The molecule has 30 heavy (non-hydrogen) atoms. The largest absolute Gasteiger partial charge is 0.390 e. The summed E-state index contributed by atoms with van der Waals surface area (Å²) in [5.74, 6) is -1.47. The van der Waals surface area contributed by atoms with Gasteiger partial charge in [0.2, 0.25) is 11.6 Å². The Morgan fingerprint density at radius 1 is 1.40 bits per heavy atom. The van der Waals surface area contributed by atoms with E-state index in [1.807, 2.05) is 24.3 Å². The number of alkyl halides is 2. The van der Waals surface area contributed by atoms with Crippen molar-refractivity contribution in [1.82, 2.24) is 10.4 Å². The summed E-state index contributed by atoms with van der Waals surface area (Å²) in [6, 6.07) is 7.57. The van der Waals surface area contributed by atoms with Crippen LogP contribution in [0.3, 0.4) is 0 Å². The van der Waals surface area contributed by atoms with Gasteiger partial charge >= 0.3 is 5.95 Å². The summed E-state index contributed by atoms with van der Waals surface area (Å²) in [6.07, 6.45) is -0.216. The first-order valence-electron chi connectivity index (χ1n) is 9.74. The number of H-pyrrole nitrogens is 1. The maximum absolute atomic E-state index is 13.9. The number of nitrogens with zero attached hydrogens (tertiary/aromatic N) is 3. The molecule has 0 amide bonds. The Morgan fingerprint density at radius 3 is 2.77 bits per heavy atom. The Hall–Kier alpha value is -2.43. The minimum absolute atomic E-state index is 0.102. The first kappa shape index (κ1) is 20.8. The molecule has 2 aliphatic heterocycles. The Labute approximate surface area is 178 Å². The maximum Gasteiger partial charge on any atom is 0.347 e. The lowest BCUT2D eigenvalue weighted by molar-refractivity contribution is -0.351. The number of aromatic nitrogens is 2. The number of nitrogens with two attached hydrogens (primary N) is 1. The molecule has 5 N–H and O–H groups in total. The number of nitrogen functional groups attached to an aromatic ring is 1. The average Bonchev–Trinajstić information content (AvgIpc) is 3.05. The molecule has 0 spiro atoms. The average molecular weight is 441 g/mol. The highest BCUT2D eigenvalue weighted by molar-refractivity contribution is 6.31. The molecule has 0 radical (unpaired) electrons. The quantitative estimate of drug-likeness (QED) is 0.566. The fraction of sp³-hybridized carbons (Fsp3) is 0.474. The summed E-state index contributed by atoms with van der Waals surface area (Å²) in [7, 11) is 1.74. The highest BCUT2D eigenvalue weighted by Gasteiger charge is 2.42. The van der Waals surface area contributed by atoms with Crippen molar-refractivity contribution in [3.05, 3.63) is 34.9 Å². The summed E-state index contributed by atoms with van der Waals surface area (Å²) >= 11 is 6.32. The zero-order valence-electron chi connectivity index (χ0n) is 16.6. The van der Waals surface area contributed by atoms with E-state index < -0.39 is 12.5 Å². The van der Waals surface area contributed by atoms with Gasteiger partial charge in [-0.1, -0.05) is 34.8 Å². The molecular formula is C19H25ClF2N7O+. The third-order valence-corrected chi connectivity index (χ3v) is 5.60. The molecule has 3 heterocycles. The third-order valence-electron chi connectivity index (χ3n) is 5.23. The van der Waals surface area contributed by atoms with Crippen molar-refractivity contribution >= 4 is 34.9 Å². The molecule has 4 rings (SSSR count). The van der Waals surface area contributed by atoms with Gasteiger partial charge in [0.15, 0.2) is 5.69 Å². The third kappa shape index (κ3) is 4.35. The van der Waals surface area contributed by atoms with Crippen molar-refractivity contribution < 1.29 is 18.5 Å². The van der Waals surface area contributed by atoms with E-state index in [0.717, 1.165) is 5.56 Å². The number of nitrogens with one attached hydrogen (secondary N) is 3. The molecule has 2 aromatic rings. The molecule has 2 fully saturated rings. The van der Waals surface area contributed by atoms with Crippen LogP contribution in [0, 0.1) is 0 Å². The van der Waals surface area contributed by atoms with Gasteiger partial charge in [0.05, 0.1) is 26.3 Å². The summed E-state index contributed by atoms with van der Waals surface area (Å²) < 4.78 is 32.9. The molecule has 0 unspecified atom stereocenters. The van der Waals surface area contributed by atoms with Crippen molar-refractivity contribution in [1.29, 1.82) is 0 Å². The zero-order chi connectivity index (χ0) is 21.3. The number of anilines is 4. The first-order chi connectivity index (χ1) is 14.4. The summed E-state index contributed by atoms with van der Waals surface area (Å²) in [5.41, 5.74) is 10.7. The number of hydrogen-bond acceptors (Lipinski definition) is 7. The molecule has 1 aromatic heterocycles. The molecule has 11 heteroatoms. The SMILES string of the molecule is CNN(Cc1ccccc1Cl)c1nc(NC2COC2)[nH+]c(N2CCC(F)(F)C2)c1N. The fourth-order valence-electron chi connectivity index (χ4n) is 3.50. The van der Waals surface area contributed by atoms with Crippen LogP contribution in [0.4, 0.5) is 32.1 Å². The predicted octanol–water partition coefficient (Wildman–Crippen LogP) is 1.93. The van der Waals surface area contributed by atoms with Crippen LogP contribution >= 0.6 is 11.6 Å². The second-order valence-corrected chi connectivity index (χ2v) is 7.89. The van der Waals surface area contributed by atoms with Crippen molar-refractivity contribution in [2.24, 2.45) is 0 Å². The molecule has 162 valence electrons. The second-order valence-electron chi connectivity index (χ2n) is 7.48. The van der Waals surface area contributed by atoms with Gasteiger partial charge in [0.25, 0.3) is 5.92 Å². The molecule has 0 aliphatic carbocycles. The standard InChI is InChI=1S/C19H24ClF2N7O/c1-24-29(8-12-4-2-3-5-14(12)20)17-15(23)16(28-7-6-19(21,22)11-28)26-18(27-17)25-13-9-30-10-13/h2-5,13,24H,6-11,23H2,1H3,(H,25,26,27)/p+1. The van der Waals surface area contributed by atoms with E-state index in [0.29, 0.717) is 42.4 Å². The highest BCUT2D eigenvalue weighted by atomic mass is 35.5. The van der Waals surface area contributed by atoms with Gasteiger partial charge in [0.1, 0.15) is 12.6 Å². The van der Waals surface area contributed by atoms with Crippen molar-refractivity contribution in [3.8, 4) is 0 Å². The summed E-state index contributed by atoms with van der Waals surface area (Å²) in [4.78, 5) is 9.28. The van der Waals surface area contributed by atoms with Crippen molar-refractivity contribution in [2.45, 2.75) is 24.9 Å². The second kappa shape index (κ2) is 8.37. The topological polar surface area (TPSA) is 92.8 Å². The van der Waals surface area contributed by atoms with Gasteiger partial charge in [-0.25, -0.2) is 19.2 Å². The Balaban J connectivity index is 1.70. The van der Waals surface area contributed by atoms with Gasteiger partial charge < -0.3 is 15.4 Å². The van der Waals surface area contributed by atoms with Gasteiger partial charge in [-0.2, -0.15) is 0 Å². The van der Waals surface area contributed by atoms with E-state index in [1.54, 1.807) is 17.0 Å². The Morgan fingerprint density at radius 2 is 2.17 bits per heavy atom. The van der Waals surface area contributed by atoms with Gasteiger partial charge in [-0.05, 0) is 11.6 Å². The summed E-state index contributed by atoms with van der Waals surface area (Å²) in [6.45, 7) is 1.31. The van der Waals surface area contributed by atoms with Crippen LogP contribution in [0.5, 0.6) is 0 Å². The Kier molecular flexibility index (Phi) is 5.81. The van der Waals surface area contributed by atoms with E-state index in [2.05, 4.69) is 20.7 Å². The molecular weight excluding hydrogens is 416 g/mol. The predicted molar refractivity (Wildman–Crippen MR) is 112 cm³/mol. The highest BCUT2D eigenvalue weighted by Crippen LogP contribution is 2.35. The van der Waals surface area contributed by atoms with Crippen LogP contribution in [-0.2, 0) is 11.3 Å². The van der Waals surface area contributed by atoms with E-state index in [1.165, 1.54) is 0 Å². The van der Waals surface area contributed by atoms with Gasteiger partial charge in [-0.3, -0.25) is 10.3 Å². The minimum Gasteiger partial charge on any atom is -0.390 e. The zero-order valence-corrected chi connectivity index (χ0v) is 17.3. The minimum atomic E-state index is -2.75. The molecule has 1 aromatic carbocycles. The fourth-order valence-corrected chi connectivity index (χ4v) is 3.69. The Bertz CT molecular complexity index is 912. The number of hydrogen-bond donors (Lipinski definition) is 3. The monoisotopic (exact) mass is 440 g/mol. The molecule has 2 saturated heterocycles. The van der Waals surface area contributed by atoms with Crippen molar-refractivity contribution in [2.75, 3.05) is 54.3 Å². The lowest BCUT2D eigenvalue weighted by Crippen LogP contribution is -2.44. The van der Waals surface area contributed by atoms with E-state index in [9.17, 15) is 8.78 Å². The van der Waals surface area contributed by atoms with Gasteiger partial charge in [-0.15, -0.1) is 0 Å². The van der Waals surface area contributed by atoms with Crippen LogP contribution < -0.4 is 31.4 Å². The number of rotatable bonds is 7. The molecule has 0 bridgehead atoms.